The first-order valence-corrected chi connectivity index (χ1v) is 11.6. The Balaban J connectivity index is 1.32. The molecule has 2 aromatic heterocycles. The number of carbonyl (C=O) groups is 1. The molecule has 0 fully saturated rings. The number of rotatable bonds is 9. The number of benzene rings is 2. The summed E-state index contributed by atoms with van der Waals surface area (Å²) in [5, 5.41) is 7.19. The van der Waals surface area contributed by atoms with E-state index in [9.17, 15) is 4.79 Å². The van der Waals surface area contributed by atoms with Gasteiger partial charge in [-0.3, -0.25) is 9.48 Å². The topological polar surface area (TPSA) is 69.3 Å². The molecule has 4 aromatic rings. The second-order valence-corrected chi connectivity index (χ2v) is 8.82. The van der Waals surface area contributed by atoms with E-state index in [-0.39, 0.29) is 23.7 Å². The highest BCUT2D eigenvalue weighted by atomic mass is 16.5. The van der Waals surface area contributed by atoms with Crippen molar-refractivity contribution >= 4 is 5.91 Å². The van der Waals surface area contributed by atoms with Gasteiger partial charge in [0.1, 0.15) is 18.1 Å². The van der Waals surface area contributed by atoms with Gasteiger partial charge in [0, 0.05) is 29.8 Å². The van der Waals surface area contributed by atoms with E-state index >= 15 is 0 Å². The van der Waals surface area contributed by atoms with Gasteiger partial charge in [-0.05, 0) is 49.2 Å². The highest BCUT2D eigenvalue weighted by Gasteiger charge is 2.22. The SMILES string of the molecule is CCn1ncc(CNC(=O)c2ccc(COc3ccc(C(C)(C)c4ccccc4)cc3)o2)c1C. The van der Waals surface area contributed by atoms with Crippen molar-refractivity contribution in [3.8, 4) is 5.75 Å². The van der Waals surface area contributed by atoms with Gasteiger partial charge in [0.25, 0.3) is 5.91 Å². The van der Waals surface area contributed by atoms with Gasteiger partial charge in [0.05, 0.1) is 6.20 Å². The number of aryl methyl sites for hydroxylation is 1. The molecule has 0 aliphatic carbocycles. The van der Waals surface area contributed by atoms with Crippen molar-refractivity contribution in [1.82, 2.24) is 15.1 Å². The summed E-state index contributed by atoms with van der Waals surface area (Å²) in [7, 11) is 0. The number of hydrogen-bond donors (Lipinski definition) is 1. The summed E-state index contributed by atoms with van der Waals surface area (Å²) in [6.45, 7) is 9.91. The quantitative estimate of drug-likeness (QED) is 0.353. The lowest BCUT2D eigenvalue weighted by atomic mass is 9.78. The van der Waals surface area contributed by atoms with Crippen LogP contribution in [0.3, 0.4) is 0 Å². The zero-order valence-electron chi connectivity index (χ0n) is 20.2. The van der Waals surface area contributed by atoms with E-state index in [2.05, 4.69) is 60.7 Å². The summed E-state index contributed by atoms with van der Waals surface area (Å²) in [5.41, 5.74) is 4.41. The van der Waals surface area contributed by atoms with Gasteiger partial charge >= 0.3 is 0 Å². The van der Waals surface area contributed by atoms with Crippen molar-refractivity contribution in [3.05, 3.63) is 107 Å². The van der Waals surface area contributed by atoms with Gasteiger partial charge in [0.2, 0.25) is 0 Å². The second kappa shape index (κ2) is 10.00. The number of ether oxygens (including phenoxy) is 1. The number of nitrogens with zero attached hydrogens (tertiary/aromatic N) is 2. The van der Waals surface area contributed by atoms with Gasteiger partial charge in [-0.25, -0.2) is 0 Å². The lowest BCUT2D eigenvalue weighted by Crippen LogP contribution is -2.22. The number of hydrogen-bond acceptors (Lipinski definition) is 4. The summed E-state index contributed by atoms with van der Waals surface area (Å²) < 4.78 is 13.5. The maximum Gasteiger partial charge on any atom is 0.287 e. The minimum absolute atomic E-state index is 0.100. The van der Waals surface area contributed by atoms with Crippen molar-refractivity contribution in [2.24, 2.45) is 0 Å². The molecule has 0 atom stereocenters. The van der Waals surface area contributed by atoms with E-state index in [1.807, 2.05) is 36.7 Å². The van der Waals surface area contributed by atoms with Crippen molar-refractivity contribution in [3.63, 3.8) is 0 Å². The molecule has 1 N–H and O–H groups in total. The minimum Gasteiger partial charge on any atom is -0.486 e. The molecule has 2 aromatic carbocycles. The Bertz CT molecular complexity index is 1240. The largest absolute Gasteiger partial charge is 0.486 e. The van der Waals surface area contributed by atoms with Crippen LogP contribution in [0.1, 0.15) is 59.5 Å². The van der Waals surface area contributed by atoms with Crippen molar-refractivity contribution in [1.29, 1.82) is 0 Å². The van der Waals surface area contributed by atoms with Crippen molar-refractivity contribution < 1.29 is 13.9 Å². The maximum atomic E-state index is 12.5. The maximum absolute atomic E-state index is 12.5. The van der Waals surface area contributed by atoms with Gasteiger partial charge in [0.15, 0.2) is 5.76 Å². The van der Waals surface area contributed by atoms with Crippen LogP contribution < -0.4 is 10.1 Å². The molecule has 4 rings (SSSR count). The minimum atomic E-state index is -0.262. The number of furan rings is 1. The van der Waals surface area contributed by atoms with E-state index in [0.29, 0.717) is 12.3 Å². The molecule has 0 aliphatic heterocycles. The molecular weight excluding hydrogens is 426 g/mol. The molecule has 0 spiro atoms. The Morgan fingerprint density at radius 3 is 2.41 bits per heavy atom. The van der Waals surface area contributed by atoms with Crippen LogP contribution in [0.4, 0.5) is 0 Å². The lowest BCUT2D eigenvalue weighted by molar-refractivity contribution is 0.0919. The van der Waals surface area contributed by atoms with Crippen LogP contribution in [0.2, 0.25) is 0 Å². The highest BCUT2D eigenvalue weighted by molar-refractivity contribution is 5.91. The van der Waals surface area contributed by atoms with E-state index in [1.165, 1.54) is 11.1 Å². The van der Waals surface area contributed by atoms with E-state index in [4.69, 9.17) is 9.15 Å². The summed E-state index contributed by atoms with van der Waals surface area (Å²) in [4.78, 5) is 12.5. The average Bonchev–Trinajstić information content (AvgIpc) is 3.48. The standard InChI is InChI=1S/C28H31N3O3/c1-5-31-20(2)21(18-30-31)17-29-27(32)26-16-15-25(34-26)19-33-24-13-11-23(12-14-24)28(3,4)22-9-7-6-8-10-22/h6-16,18H,5,17,19H2,1-4H3,(H,29,32). The molecule has 176 valence electrons. The Morgan fingerprint density at radius 1 is 1.03 bits per heavy atom. The fourth-order valence-electron chi connectivity index (χ4n) is 3.96. The Hall–Kier alpha value is -3.80. The Morgan fingerprint density at radius 2 is 1.74 bits per heavy atom. The lowest BCUT2D eigenvalue weighted by Gasteiger charge is -2.26. The predicted octanol–water partition coefficient (Wildman–Crippen LogP) is 5.64. The summed E-state index contributed by atoms with van der Waals surface area (Å²) >= 11 is 0. The summed E-state index contributed by atoms with van der Waals surface area (Å²) in [6, 6.07) is 22.0. The van der Waals surface area contributed by atoms with Crippen LogP contribution in [-0.2, 0) is 25.1 Å². The smallest absolute Gasteiger partial charge is 0.287 e. The molecule has 1 amide bonds. The molecule has 0 bridgehead atoms. The molecule has 0 saturated heterocycles. The molecule has 6 heteroatoms. The van der Waals surface area contributed by atoms with Gasteiger partial charge in [-0.15, -0.1) is 0 Å². The van der Waals surface area contributed by atoms with Gasteiger partial charge < -0.3 is 14.5 Å². The molecule has 0 saturated carbocycles. The molecule has 0 aliphatic rings. The van der Waals surface area contributed by atoms with Crippen LogP contribution in [0.5, 0.6) is 5.75 Å². The molecule has 0 radical (unpaired) electrons. The first-order valence-electron chi connectivity index (χ1n) is 11.6. The third kappa shape index (κ3) is 5.06. The summed E-state index contributed by atoms with van der Waals surface area (Å²) in [5.74, 6) is 1.34. The van der Waals surface area contributed by atoms with Crippen LogP contribution in [-0.4, -0.2) is 15.7 Å². The van der Waals surface area contributed by atoms with Crippen LogP contribution in [0, 0.1) is 6.92 Å². The Kier molecular flexibility index (Phi) is 6.87. The van der Waals surface area contributed by atoms with Crippen LogP contribution in [0.15, 0.2) is 77.3 Å². The first-order chi connectivity index (χ1) is 16.4. The fourth-order valence-corrected chi connectivity index (χ4v) is 3.96. The average molecular weight is 458 g/mol. The van der Waals surface area contributed by atoms with Crippen molar-refractivity contribution in [2.45, 2.75) is 52.8 Å². The zero-order valence-corrected chi connectivity index (χ0v) is 20.2. The second-order valence-electron chi connectivity index (χ2n) is 8.82. The normalized spacial score (nSPS) is 11.4. The van der Waals surface area contributed by atoms with E-state index in [1.54, 1.807) is 18.3 Å². The molecule has 6 nitrogen and oxygen atoms in total. The monoisotopic (exact) mass is 457 g/mol. The fraction of sp³-hybridized carbons (Fsp3) is 0.286. The number of aromatic nitrogens is 2. The number of amides is 1. The molecule has 2 heterocycles. The first kappa shape index (κ1) is 23.4. The Labute approximate surface area is 200 Å². The number of nitrogens with one attached hydrogen (secondary N) is 1. The van der Waals surface area contributed by atoms with E-state index in [0.717, 1.165) is 23.6 Å². The van der Waals surface area contributed by atoms with Crippen molar-refractivity contribution in [2.75, 3.05) is 0 Å². The third-order valence-electron chi connectivity index (χ3n) is 6.28. The predicted molar refractivity (Wildman–Crippen MR) is 132 cm³/mol. The molecule has 34 heavy (non-hydrogen) atoms. The molecular formula is C28H31N3O3. The summed E-state index contributed by atoms with van der Waals surface area (Å²) in [6.07, 6.45) is 1.78. The van der Waals surface area contributed by atoms with Crippen LogP contribution in [0.25, 0.3) is 0 Å². The van der Waals surface area contributed by atoms with Gasteiger partial charge in [-0.1, -0.05) is 56.3 Å². The highest BCUT2D eigenvalue weighted by Crippen LogP contribution is 2.32. The zero-order chi connectivity index (χ0) is 24.1. The van der Waals surface area contributed by atoms with Crippen LogP contribution >= 0.6 is 0 Å². The van der Waals surface area contributed by atoms with E-state index < -0.39 is 0 Å². The third-order valence-corrected chi connectivity index (χ3v) is 6.28. The molecule has 0 unspecified atom stereocenters. The number of carbonyl (C=O) groups excluding carboxylic acids is 1. The van der Waals surface area contributed by atoms with Gasteiger partial charge in [-0.2, -0.15) is 5.10 Å².